The fourth-order valence-electron chi connectivity index (χ4n) is 4.92. The number of rotatable bonds is 6. The van der Waals surface area contributed by atoms with Gasteiger partial charge in [0.1, 0.15) is 11.5 Å². The van der Waals surface area contributed by atoms with Gasteiger partial charge in [-0.1, -0.05) is 71.0 Å². The average Bonchev–Trinajstić information content (AvgIpc) is 3.57. The van der Waals surface area contributed by atoms with Crippen LogP contribution < -0.4 is 20.2 Å². The van der Waals surface area contributed by atoms with Gasteiger partial charge >= 0.3 is 0 Å². The van der Waals surface area contributed by atoms with Gasteiger partial charge in [-0.15, -0.1) is 0 Å². The molecule has 0 aliphatic carbocycles. The highest BCUT2D eigenvalue weighted by Crippen LogP contribution is 2.33. The number of thiazole rings is 1. The highest BCUT2D eigenvalue weighted by molar-refractivity contribution is 7.07. The Balaban J connectivity index is 1.44. The predicted molar refractivity (Wildman–Crippen MR) is 166 cm³/mol. The van der Waals surface area contributed by atoms with Crippen LogP contribution in [0, 0.1) is 17.0 Å². The van der Waals surface area contributed by atoms with Gasteiger partial charge in [0, 0.05) is 29.5 Å². The van der Waals surface area contributed by atoms with Crippen LogP contribution in [0.15, 0.2) is 110 Å². The number of aromatic nitrogens is 1. The molecule has 0 saturated carbocycles. The van der Waals surface area contributed by atoms with E-state index in [1.807, 2.05) is 49.4 Å². The van der Waals surface area contributed by atoms with Crippen molar-refractivity contribution in [2.75, 3.05) is 5.32 Å². The molecule has 2 aromatic heterocycles. The van der Waals surface area contributed by atoms with Crippen molar-refractivity contribution in [2.45, 2.75) is 19.9 Å². The highest BCUT2D eigenvalue weighted by atomic mass is 35.5. The number of hydrogen-bond acceptors (Lipinski definition) is 7. The topological polar surface area (TPSA) is 120 Å². The number of nitro benzene ring substituents is 1. The molecule has 1 atom stereocenters. The number of halogens is 1. The van der Waals surface area contributed by atoms with Crippen molar-refractivity contribution in [3.63, 3.8) is 0 Å². The molecule has 0 fully saturated rings. The number of benzene rings is 3. The Morgan fingerprint density at radius 3 is 2.53 bits per heavy atom. The summed E-state index contributed by atoms with van der Waals surface area (Å²) in [5, 5.41) is 14.5. The van der Waals surface area contributed by atoms with E-state index in [-0.39, 0.29) is 17.2 Å². The number of para-hydroxylation sites is 1. The minimum absolute atomic E-state index is 0.121. The van der Waals surface area contributed by atoms with E-state index in [1.165, 1.54) is 34.1 Å². The SMILES string of the molecule is CC1=C(C(=O)Nc2ccccc2)C(c2ccc(C)cc2)n2c(s/c(=C\c3ccc(-c4cc([N+](=O)[O-])ccc4Cl)o3)c2=O)=N1. The summed E-state index contributed by atoms with van der Waals surface area (Å²) in [6.45, 7) is 3.73. The van der Waals surface area contributed by atoms with Gasteiger partial charge in [0.25, 0.3) is 17.2 Å². The number of nitrogens with one attached hydrogen (secondary N) is 1. The van der Waals surface area contributed by atoms with Crippen molar-refractivity contribution in [1.82, 2.24) is 4.57 Å². The molecule has 11 heteroatoms. The van der Waals surface area contributed by atoms with E-state index in [1.54, 1.807) is 37.3 Å². The van der Waals surface area contributed by atoms with E-state index < -0.39 is 11.0 Å². The molecular weight excluding hydrogens is 588 g/mol. The third kappa shape index (κ3) is 5.45. The lowest BCUT2D eigenvalue weighted by atomic mass is 9.94. The van der Waals surface area contributed by atoms with Crippen molar-refractivity contribution in [1.29, 1.82) is 0 Å². The van der Waals surface area contributed by atoms with Gasteiger partial charge in [-0.2, -0.15) is 0 Å². The number of non-ortho nitro benzene ring substituents is 1. The summed E-state index contributed by atoms with van der Waals surface area (Å²) in [7, 11) is 0. The molecule has 5 aromatic rings. The quantitative estimate of drug-likeness (QED) is 0.187. The molecule has 6 rings (SSSR count). The summed E-state index contributed by atoms with van der Waals surface area (Å²) >= 11 is 7.47. The third-order valence-electron chi connectivity index (χ3n) is 7.02. The Kier molecular flexibility index (Phi) is 7.39. The zero-order chi connectivity index (χ0) is 30.2. The van der Waals surface area contributed by atoms with Crippen LogP contribution in [-0.2, 0) is 4.79 Å². The number of carbonyl (C=O) groups excluding carboxylic acids is 1. The predicted octanol–water partition coefficient (Wildman–Crippen LogP) is 6.00. The van der Waals surface area contributed by atoms with Gasteiger partial charge in [-0.05, 0) is 49.7 Å². The molecule has 3 aromatic carbocycles. The van der Waals surface area contributed by atoms with Gasteiger partial charge in [-0.3, -0.25) is 24.3 Å². The number of hydrogen-bond donors (Lipinski definition) is 1. The molecule has 43 heavy (non-hydrogen) atoms. The van der Waals surface area contributed by atoms with Crippen LogP contribution >= 0.6 is 22.9 Å². The Hall–Kier alpha value is -5.06. The van der Waals surface area contributed by atoms with Gasteiger partial charge in [0.05, 0.1) is 31.8 Å². The molecule has 1 amide bonds. The van der Waals surface area contributed by atoms with Gasteiger partial charge in [-0.25, -0.2) is 4.99 Å². The second kappa shape index (κ2) is 11.3. The number of carbonyl (C=O) groups is 1. The van der Waals surface area contributed by atoms with Crippen LogP contribution in [0.5, 0.6) is 0 Å². The number of amides is 1. The molecule has 3 heterocycles. The normalized spacial score (nSPS) is 14.8. The first-order valence-electron chi connectivity index (χ1n) is 13.2. The maximum absolute atomic E-state index is 13.9. The first-order valence-corrected chi connectivity index (χ1v) is 14.4. The van der Waals surface area contributed by atoms with Crippen molar-refractivity contribution in [3.05, 3.63) is 148 Å². The van der Waals surface area contributed by atoms with Crippen LogP contribution in [0.4, 0.5) is 11.4 Å². The van der Waals surface area contributed by atoms with Crippen LogP contribution in [0.1, 0.15) is 29.9 Å². The Labute approximate surface area is 253 Å². The number of fused-ring (bicyclic) bond motifs is 1. The van der Waals surface area contributed by atoms with E-state index in [4.69, 9.17) is 16.0 Å². The molecule has 0 saturated heterocycles. The number of nitrogens with zero attached hydrogens (tertiary/aromatic N) is 3. The summed E-state index contributed by atoms with van der Waals surface area (Å²) in [4.78, 5) is 43.5. The maximum atomic E-state index is 13.9. The number of furan rings is 1. The summed E-state index contributed by atoms with van der Waals surface area (Å²) in [6.07, 6.45) is 1.59. The van der Waals surface area contributed by atoms with Crippen molar-refractivity contribution in [2.24, 2.45) is 4.99 Å². The summed E-state index contributed by atoms with van der Waals surface area (Å²) in [5.74, 6) is 0.324. The second-order valence-corrected chi connectivity index (χ2v) is 11.4. The van der Waals surface area contributed by atoms with Crippen molar-refractivity contribution >= 4 is 46.3 Å². The van der Waals surface area contributed by atoms with E-state index in [9.17, 15) is 19.7 Å². The third-order valence-corrected chi connectivity index (χ3v) is 8.33. The average molecular weight is 611 g/mol. The molecule has 1 N–H and O–H groups in total. The first kappa shape index (κ1) is 28.1. The summed E-state index contributed by atoms with van der Waals surface area (Å²) < 4.78 is 7.82. The van der Waals surface area contributed by atoms with E-state index in [0.717, 1.165) is 11.1 Å². The van der Waals surface area contributed by atoms with Crippen LogP contribution in [-0.4, -0.2) is 15.4 Å². The number of allylic oxidation sites excluding steroid dienone is 1. The number of anilines is 1. The zero-order valence-electron chi connectivity index (χ0n) is 22.9. The molecule has 1 unspecified atom stereocenters. The van der Waals surface area contributed by atoms with Crippen LogP contribution in [0.2, 0.25) is 5.02 Å². The van der Waals surface area contributed by atoms with Crippen LogP contribution in [0.25, 0.3) is 17.4 Å². The highest BCUT2D eigenvalue weighted by Gasteiger charge is 2.32. The van der Waals surface area contributed by atoms with Gasteiger partial charge in [0.2, 0.25) is 0 Å². The minimum Gasteiger partial charge on any atom is -0.457 e. The number of aryl methyl sites for hydroxylation is 1. The van der Waals surface area contributed by atoms with E-state index in [2.05, 4.69) is 10.3 Å². The largest absolute Gasteiger partial charge is 0.457 e. The lowest BCUT2D eigenvalue weighted by Gasteiger charge is -2.25. The zero-order valence-corrected chi connectivity index (χ0v) is 24.5. The summed E-state index contributed by atoms with van der Waals surface area (Å²) in [5.41, 5.74) is 3.23. The molecule has 9 nitrogen and oxygen atoms in total. The molecule has 0 bridgehead atoms. The van der Waals surface area contributed by atoms with Crippen molar-refractivity contribution < 1.29 is 14.1 Å². The fraction of sp³-hybridized carbons (Fsp3) is 0.0938. The minimum atomic E-state index is -0.710. The van der Waals surface area contributed by atoms with Gasteiger partial charge < -0.3 is 9.73 Å². The number of nitro groups is 1. The van der Waals surface area contributed by atoms with E-state index >= 15 is 0 Å². The maximum Gasteiger partial charge on any atom is 0.271 e. The Morgan fingerprint density at radius 1 is 1.07 bits per heavy atom. The Bertz CT molecular complexity index is 2110. The lowest BCUT2D eigenvalue weighted by molar-refractivity contribution is -0.384. The monoisotopic (exact) mass is 610 g/mol. The second-order valence-electron chi connectivity index (χ2n) is 9.94. The molecule has 0 spiro atoms. The molecule has 214 valence electrons. The lowest BCUT2D eigenvalue weighted by Crippen LogP contribution is -2.40. The molecule has 0 radical (unpaired) electrons. The first-order chi connectivity index (χ1) is 20.7. The molecular formula is C32H23ClN4O5S. The van der Waals surface area contributed by atoms with Gasteiger partial charge in [0.15, 0.2) is 4.80 Å². The van der Waals surface area contributed by atoms with Crippen molar-refractivity contribution in [3.8, 4) is 11.3 Å². The Morgan fingerprint density at radius 2 is 1.81 bits per heavy atom. The summed E-state index contributed by atoms with van der Waals surface area (Å²) in [6, 6.07) is 23.5. The van der Waals surface area contributed by atoms with Crippen LogP contribution in [0.3, 0.4) is 0 Å². The molecule has 1 aliphatic rings. The standard InChI is InChI=1S/C32H23ClN4O5S/c1-18-8-10-20(11-9-18)29-28(30(38)35-21-6-4-3-5-7-21)19(2)34-32-36(29)31(39)27(43-32)17-23-13-15-26(42-23)24-16-22(37(40)41)12-14-25(24)33/h3-17,29H,1-2H3,(H,35,38)/b27-17-. The molecule has 1 aliphatic heterocycles. The fourth-order valence-corrected chi connectivity index (χ4v) is 6.15. The smallest absolute Gasteiger partial charge is 0.271 e. The van der Waals surface area contributed by atoms with E-state index in [0.29, 0.717) is 48.4 Å².